The van der Waals surface area contributed by atoms with Crippen LogP contribution in [0, 0.1) is 0 Å². The number of hydrogen-bond acceptors (Lipinski definition) is 7. The number of oxazole rings is 1. The molecule has 0 atom stereocenters. The van der Waals surface area contributed by atoms with Crippen LogP contribution in [-0.2, 0) is 20.8 Å². The highest BCUT2D eigenvalue weighted by Crippen LogP contribution is 2.24. The predicted molar refractivity (Wildman–Crippen MR) is 90.5 cm³/mol. The van der Waals surface area contributed by atoms with E-state index in [1.54, 1.807) is 11.8 Å². The molecular formula is C17H16N2O5S. The lowest BCUT2D eigenvalue weighted by atomic mass is 10.2. The third-order valence-electron chi connectivity index (χ3n) is 3.63. The number of nitrogens with zero attached hydrogens (tertiary/aromatic N) is 2. The van der Waals surface area contributed by atoms with Gasteiger partial charge in [-0.1, -0.05) is 18.2 Å². The number of benzene rings is 1. The number of hydroxylamine groups is 2. The Morgan fingerprint density at radius 1 is 1.24 bits per heavy atom. The van der Waals surface area contributed by atoms with Crippen molar-refractivity contribution >= 4 is 29.5 Å². The molecule has 0 unspecified atom stereocenters. The Balaban J connectivity index is 1.87. The van der Waals surface area contributed by atoms with Crippen molar-refractivity contribution in [3.05, 3.63) is 41.8 Å². The summed E-state index contributed by atoms with van der Waals surface area (Å²) in [5.41, 5.74) is 1.16. The molecule has 7 nitrogen and oxygen atoms in total. The maximum Gasteiger partial charge on any atom is 0.401 e. The molecule has 1 aromatic heterocycles. The Kier molecular flexibility index (Phi) is 5.18. The van der Waals surface area contributed by atoms with Crippen LogP contribution in [0.25, 0.3) is 11.5 Å². The molecule has 0 N–H and O–H groups in total. The Morgan fingerprint density at radius 2 is 1.92 bits per heavy atom. The zero-order chi connectivity index (χ0) is 17.8. The van der Waals surface area contributed by atoms with Crippen LogP contribution in [0.1, 0.15) is 29.1 Å². The van der Waals surface area contributed by atoms with Crippen LogP contribution in [-0.4, -0.2) is 39.8 Å². The summed E-state index contributed by atoms with van der Waals surface area (Å²) in [5.74, 6) is -1.01. The number of thioether (sulfide) groups is 1. The first-order valence-corrected chi connectivity index (χ1v) is 9.11. The summed E-state index contributed by atoms with van der Waals surface area (Å²) in [4.78, 5) is 45.0. The molecule has 0 radical (unpaired) electrons. The molecule has 1 aliphatic heterocycles. The molecule has 0 saturated carbocycles. The number of aromatic nitrogens is 1. The number of carbonyl (C=O) groups is 3. The van der Waals surface area contributed by atoms with Crippen LogP contribution in [0.15, 0.2) is 34.7 Å². The van der Waals surface area contributed by atoms with Gasteiger partial charge in [-0.25, -0.2) is 9.78 Å². The van der Waals surface area contributed by atoms with Gasteiger partial charge >= 0.3 is 5.97 Å². The average Bonchev–Trinajstić information content (AvgIpc) is 3.19. The van der Waals surface area contributed by atoms with Gasteiger partial charge in [0.2, 0.25) is 11.7 Å². The van der Waals surface area contributed by atoms with Gasteiger partial charge in [0.15, 0.2) is 0 Å². The van der Waals surface area contributed by atoms with Crippen molar-refractivity contribution in [2.24, 2.45) is 0 Å². The van der Waals surface area contributed by atoms with E-state index in [-0.39, 0.29) is 18.6 Å². The van der Waals surface area contributed by atoms with Crippen LogP contribution in [0.3, 0.4) is 0 Å². The molecule has 0 spiro atoms. The predicted octanol–water partition coefficient (Wildman–Crippen LogP) is 2.47. The largest absolute Gasteiger partial charge is 0.429 e. The summed E-state index contributed by atoms with van der Waals surface area (Å²) in [7, 11) is 0. The fraction of sp³-hybridized carbons (Fsp3) is 0.294. The Bertz CT molecular complexity index is 787. The van der Waals surface area contributed by atoms with Gasteiger partial charge < -0.3 is 9.25 Å². The van der Waals surface area contributed by atoms with Gasteiger partial charge in [0.25, 0.3) is 11.8 Å². The van der Waals surface area contributed by atoms with Crippen LogP contribution in [0.4, 0.5) is 0 Å². The number of rotatable bonds is 6. The zero-order valence-corrected chi connectivity index (χ0v) is 14.4. The van der Waals surface area contributed by atoms with E-state index in [2.05, 4.69) is 4.98 Å². The second-order valence-corrected chi connectivity index (χ2v) is 6.35. The third kappa shape index (κ3) is 3.74. The maximum atomic E-state index is 12.4. The van der Waals surface area contributed by atoms with Gasteiger partial charge in [-0.3, -0.25) is 9.59 Å². The lowest BCUT2D eigenvalue weighted by Gasteiger charge is -2.11. The summed E-state index contributed by atoms with van der Waals surface area (Å²) in [6.07, 6.45) is 2.52. The number of amides is 2. The summed E-state index contributed by atoms with van der Waals surface area (Å²) in [6, 6.07) is 9.15. The van der Waals surface area contributed by atoms with E-state index in [0.29, 0.717) is 23.1 Å². The summed E-state index contributed by atoms with van der Waals surface area (Å²) < 4.78 is 5.60. The number of hydrogen-bond donors (Lipinski definition) is 0. The number of imide groups is 1. The first-order valence-electron chi connectivity index (χ1n) is 7.72. The molecule has 1 aliphatic rings. The number of aryl methyl sites for hydroxylation is 1. The van der Waals surface area contributed by atoms with Gasteiger partial charge in [-0.05, 0) is 24.1 Å². The molecule has 2 heterocycles. The summed E-state index contributed by atoms with van der Waals surface area (Å²) in [5, 5.41) is 0.505. The van der Waals surface area contributed by atoms with Crippen molar-refractivity contribution in [3.8, 4) is 11.5 Å². The van der Waals surface area contributed by atoms with E-state index in [4.69, 9.17) is 9.25 Å². The molecule has 25 heavy (non-hydrogen) atoms. The van der Waals surface area contributed by atoms with Crippen LogP contribution in [0.2, 0.25) is 0 Å². The monoisotopic (exact) mass is 360 g/mol. The highest BCUT2D eigenvalue weighted by molar-refractivity contribution is 7.98. The lowest BCUT2D eigenvalue weighted by molar-refractivity contribution is -0.173. The molecule has 1 aromatic carbocycles. The molecule has 8 heteroatoms. The zero-order valence-electron chi connectivity index (χ0n) is 13.6. The van der Waals surface area contributed by atoms with Gasteiger partial charge in [-0.2, -0.15) is 11.8 Å². The normalized spacial score (nSPS) is 14.2. The topological polar surface area (TPSA) is 89.7 Å². The second kappa shape index (κ2) is 7.52. The van der Waals surface area contributed by atoms with Crippen LogP contribution in [0.5, 0.6) is 0 Å². The first-order chi connectivity index (χ1) is 12.1. The van der Waals surface area contributed by atoms with E-state index in [1.807, 2.05) is 36.6 Å². The Morgan fingerprint density at radius 3 is 2.56 bits per heavy atom. The molecule has 130 valence electrons. The molecule has 1 saturated heterocycles. The lowest BCUT2D eigenvalue weighted by Crippen LogP contribution is -2.32. The average molecular weight is 360 g/mol. The van der Waals surface area contributed by atoms with E-state index in [0.717, 1.165) is 11.3 Å². The highest BCUT2D eigenvalue weighted by Gasteiger charge is 2.35. The van der Waals surface area contributed by atoms with E-state index in [9.17, 15) is 14.4 Å². The van der Waals surface area contributed by atoms with Crippen molar-refractivity contribution < 1.29 is 23.6 Å². The standard InChI is InChI=1S/C17H16N2O5S/c1-25-10-9-12-15(17(22)24-19-13(20)7-8-14(19)21)23-16(18-12)11-5-3-2-4-6-11/h2-6H,7-10H2,1H3. The second-order valence-electron chi connectivity index (χ2n) is 5.36. The maximum absolute atomic E-state index is 12.4. The molecule has 0 aliphatic carbocycles. The molecule has 1 fully saturated rings. The van der Waals surface area contributed by atoms with Crippen molar-refractivity contribution in [1.82, 2.24) is 10.0 Å². The highest BCUT2D eigenvalue weighted by atomic mass is 32.2. The number of carbonyl (C=O) groups excluding carboxylic acids is 3. The van der Waals surface area contributed by atoms with Gasteiger partial charge in [0, 0.05) is 24.8 Å². The minimum absolute atomic E-state index is 0.0388. The fourth-order valence-corrected chi connectivity index (χ4v) is 2.76. The molecule has 0 bridgehead atoms. The Labute approximate surface area is 148 Å². The van der Waals surface area contributed by atoms with E-state index in [1.165, 1.54) is 0 Å². The molecule has 3 rings (SSSR count). The summed E-state index contributed by atoms with van der Waals surface area (Å²) >= 11 is 1.60. The fourth-order valence-electron chi connectivity index (χ4n) is 2.37. The summed E-state index contributed by atoms with van der Waals surface area (Å²) in [6.45, 7) is 0. The first kappa shape index (κ1) is 17.2. The van der Waals surface area contributed by atoms with Crippen molar-refractivity contribution in [2.45, 2.75) is 19.3 Å². The molecule has 2 amide bonds. The van der Waals surface area contributed by atoms with Crippen LogP contribution < -0.4 is 0 Å². The third-order valence-corrected chi connectivity index (χ3v) is 4.24. The van der Waals surface area contributed by atoms with E-state index < -0.39 is 17.8 Å². The SMILES string of the molecule is CSCCc1nc(-c2ccccc2)oc1C(=O)ON1C(=O)CCC1=O. The smallest absolute Gasteiger partial charge is 0.401 e. The molecular weight excluding hydrogens is 344 g/mol. The quantitative estimate of drug-likeness (QED) is 0.731. The molecule has 2 aromatic rings. The van der Waals surface area contributed by atoms with Crippen molar-refractivity contribution in [2.75, 3.05) is 12.0 Å². The van der Waals surface area contributed by atoms with Gasteiger partial charge in [0.1, 0.15) is 0 Å². The Hall–Kier alpha value is -2.61. The van der Waals surface area contributed by atoms with E-state index >= 15 is 0 Å². The van der Waals surface area contributed by atoms with Gasteiger partial charge in [-0.15, -0.1) is 5.06 Å². The minimum Gasteiger partial charge on any atom is -0.429 e. The minimum atomic E-state index is -0.894. The van der Waals surface area contributed by atoms with Crippen LogP contribution >= 0.6 is 11.8 Å². The van der Waals surface area contributed by atoms with Crippen molar-refractivity contribution in [3.63, 3.8) is 0 Å². The van der Waals surface area contributed by atoms with Crippen molar-refractivity contribution in [1.29, 1.82) is 0 Å². The van der Waals surface area contributed by atoms with Gasteiger partial charge in [0.05, 0.1) is 5.69 Å².